The first-order chi connectivity index (χ1) is 13.6. The molecule has 0 fully saturated rings. The smallest absolute Gasteiger partial charge is 0.324 e. The van der Waals surface area contributed by atoms with Crippen LogP contribution < -0.4 is 5.73 Å². The Morgan fingerprint density at radius 1 is 1.21 bits per heavy atom. The summed E-state index contributed by atoms with van der Waals surface area (Å²) in [5, 5.41) is 8.75. The van der Waals surface area contributed by atoms with Gasteiger partial charge in [0.15, 0.2) is 11.0 Å². The lowest BCUT2D eigenvalue weighted by Crippen LogP contribution is -2.14. The highest BCUT2D eigenvalue weighted by molar-refractivity contribution is 8.00. The minimum atomic E-state index is -0.534. The lowest BCUT2D eigenvalue weighted by atomic mass is 10.1. The van der Waals surface area contributed by atoms with Gasteiger partial charge < -0.3 is 10.5 Å². The fourth-order valence-corrected chi connectivity index (χ4v) is 3.76. The number of carbonyl (C=O) groups excluding carboxylic acids is 1. The standard InChI is InChI=1S/C21H22N4O2S/c1-3-14-25-19(16-10-12-17(22)13-11-16)23-24-21(25)28-18(20(26)27-4-2)15-8-6-5-7-9-15/h3,5-13,18H,1,4,14,22H2,2H3. The van der Waals surface area contributed by atoms with Gasteiger partial charge in [0.25, 0.3) is 0 Å². The molecule has 3 aromatic rings. The first kappa shape index (κ1) is 19.7. The molecule has 0 radical (unpaired) electrons. The molecule has 144 valence electrons. The molecule has 28 heavy (non-hydrogen) atoms. The first-order valence-electron chi connectivity index (χ1n) is 8.92. The van der Waals surface area contributed by atoms with Crippen LogP contribution in [-0.4, -0.2) is 27.3 Å². The Hall–Kier alpha value is -3.06. The maximum atomic E-state index is 12.6. The van der Waals surface area contributed by atoms with E-state index in [0.29, 0.717) is 29.8 Å². The van der Waals surface area contributed by atoms with Gasteiger partial charge >= 0.3 is 5.97 Å². The number of carbonyl (C=O) groups is 1. The first-order valence-corrected chi connectivity index (χ1v) is 9.80. The molecule has 0 saturated heterocycles. The summed E-state index contributed by atoms with van der Waals surface area (Å²) >= 11 is 1.32. The summed E-state index contributed by atoms with van der Waals surface area (Å²) < 4.78 is 7.21. The van der Waals surface area contributed by atoms with E-state index in [9.17, 15) is 4.79 Å². The van der Waals surface area contributed by atoms with Crippen molar-refractivity contribution in [3.05, 3.63) is 72.8 Å². The highest BCUT2D eigenvalue weighted by Gasteiger charge is 2.26. The lowest BCUT2D eigenvalue weighted by Gasteiger charge is -2.16. The van der Waals surface area contributed by atoms with Crippen LogP contribution in [0.4, 0.5) is 5.69 Å². The maximum Gasteiger partial charge on any atom is 0.324 e. The van der Waals surface area contributed by atoms with Crippen molar-refractivity contribution in [1.29, 1.82) is 0 Å². The van der Waals surface area contributed by atoms with E-state index in [4.69, 9.17) is 10.5 Å². The molecule has 0 aliphatic rings. The average molecular weight is 395 g/mol. The van der Waals surface area contributed by atoms with Gasteiger partial charge in [-0.05, 0) is 36.8 Å². The fraction of sp³-hybridized carbons (Fsp3) is 0.190. The number of hydrogen-bond acceptors (Lipinski definition) is 6. The van der Waals surface area contributed by atoms with Gasteiger partial charge in [0.1, 0.15) is 5.25 Å². The number of ether oxygens (including phenoxy) is 1. The summed E-state index contributed by atoms with van der Waals surface area (Å²) in [5.74, 6) is 0.388. The second-order valence-corrected chi connectivity index (χ2v) is 7.06. The second kappa shape index (κ2) is 9.23. The van der Waals surface area contributed by atoms with Gasteiger partial charge in [-0.2, -0.15) is 0 Å². The van der Waals surface area contributed by atoms with Gasteiger partial charge in [0.2, 0.25) is 0 Å². The summed E-state index contributed by atoms with van der Waals surface area (Å²) in [6, 6.07) is 17.0. The van der Waals surface area contributed by atoms with Crippen molar-refractivity contribution in [2.45, 2.75) is 23.9 Å². The Balaban J connectivity index is 1.98. The Morgan fingerprint density at radius 2 is 1.93 bits per heavy atom. The number of allylic oxidation sites excluding steroid dienone is 1. The predicted octanol–water partition coefficient (Wildman–Crippen LogP) is 4.11. The number of thioether (sulfide) groups is 1. The highest BCUT2D eigenvalue weighted by atomic mass is 32.2. The van der Waals surface area contributed by atoms with Crippen molar-refractivity contribution in [2.75, 3.05) is 12.3 Å². The van der Waals surface area contributed by atoms with Crippen LogP contribution in [0.15, 0.2) is 72.4 Å². The third kappa shape index (κ3) is 4.43. The number of nitrogens with zero attached hydrogens (tertiary/aromatic N) is 3. The lowest BCUT2D eigenvalue weighted by molar-refractivity contribution is -0.142. The number of nitrogens with two attached hydrogens (primary N) is 1. The quantitative estimate of drug-likeness (QED) is 0.268. The Kier molecular flexibility index (Phi) is 6.49. The minimum Gasteiger partial charge on any atom is -0.465 e. The third-order valence-corrected chi connectivity index (χ3v) is 5.24. The zero-order valence-electron chi connectivity index (χ0n) is 15.6. The van der Waals surface area contributed by atoms with Crippen LogP contribution in [0.2, 0.25) is 0 Å². The van der Waals surface area contributed by atoms with E-state index in [0.717, 1.165) is 11.1 Å². The zero-order valence-corrected chi connectivity index (χ0v) is 16.4. The predicted molar refractivity (Wildman–Crippen MR) is 112 cm³/mol. The molecule has 0 aliphatic carbocycles. The SMILES string of the molecule is C=CCn1c(SC(C(=O)OCC)c2ccccc2)nnc1-c1ccc(N)cc1. The summed E-state index contributed by atoms with van der Waals surface area (Å²) in [4.78, 5) is 12.6. The summed E-state index contributed by atoms with van der Waals surface area (Å²) in [7, 11) is 0. The Bertz CT molecular complexity index is 939. The van der Waals surface area contributed by atoms with Crippen LogP contribution in [0.3, 0.4) is 0 Å². The minimum absolute atomic E-state index is 0.305. The normalized spacial score (nSPS) is 11.8. The second-order valence-electron chi connectivity index (χ2n) is 5.99. The van der Waals surface area contributed by atoms with E-state index < -0.39 is 5.25 Å². The molecule has 1 heterocycles. The summed E-state index contributed by atoms with van der Waals surface area (Å²) in [5.41, 5.74) is 8.21. The topological polar surface area (TPSA) is 83.0 Å². The van der Waals surface area contributed by atoms with Crippen molar-refractivity contribution in [2.24, 2.45) is 0 Å². The van der Waals surface area contributed by atoms with Gasteiger partial charge in [-0.1, -0.05) is 48.2 Å². The van der Waals surface area contributed by atoms with Crippen molar-refractivity contribution in [1.82, 2.24) is 14.8 Å². The van der Waals surface area contributed by atoms with Gasteiger partial charge in [-0.25, -0.2) is 0 Å². The zero-order chi connectivity index (χ0) is 19.9. The van der Waals surface area contributed by atoms with E-state index >= 15 is 0 Å². The number of esters is 1. The maximum absolute atomic E-state index is 12.6. The molecule has 1 unspecified atom stereocenters. The van der Waals surface area contributed by atoms with Gasteiger partial charge in [0, 0.05) is 17.8 Å². The molecule has 6 nitrogen and oxygen atoms in total. The van der Waals surface area contributed by atoms with Gasteiger partial charge in [0.05, 0.1) is 6.61 Å². The highest BCUT2D eigenvalue weighted by Crippen LogP contribution is 2.37. The number of aromatic nitrogens is 3. The summed E-state index contributed by atoms with van der Waals surface area (Å²) in [6.07, 6.45) is 1.77. The van der Waals surface area contributed by atoms with E-state index in [1.807, 2.05) is 59.2 Å². The number of benzene rings is 2. The molecule has 0 spiro atoms. The van der Waals surface area contributed by atoms with E-state index in [2.05, 4.69) is 16.8 Å². The molecular formula is C21H22N4O2S. The number of nitrogen functional groups attached to an aromatic ring is 1. The van der Waals surface area contributed by atoms with Crippen LogP contribution in [0, 0.1) is 0 Å². The molecule has 0 amide bonds. The molecule has 0 bridgehead atoms. The van der Waals surface area contributed by atoms with Gasteiger partial charge in [-0.3, -0.25) is 9.36 Å². The van der Waals surface area contributed by atoms with Crippen LogP contribution in [0.1, 0.15) is 17.7 Å². The molecule has 1 atom stereocenters. The van der Waals surface area contributed by atoms with Crippen molar-refractivity contribution in [3.63, 3.8) is 0 Å². The van der Waals surface area contributed by atoms with E-state index in [-0.39, 0.29) is 5.97 Å². The van der Waals surface area contributed by atoms with E-state index in [1.54, 1.807) is 13.0 Å². The molecule has 7 heteroatoms. The Labute approximate surface area is 168 Å². The van der Waals surface area contributed by atoms with Crippen molar-refractivity contribution < 1.29 is 9.53 Å². The number of hydrogen-bond donors (Lipinski definition) is 1. The number of rotatable bonds is 8. The van der Waals surface area contributed by atoms with Crippen LogP contribution >= 0.6 is 11.8 Å². The molecule has 1 aromatic heterocycles. The van der Waals surface area contributed by atoms with Crippen molar-refractivity contribution in [3.8, 4) is 11.4 Å². The van der Waals surface area contributed by atoms with Crippen LogP contribution in [0.5, 0.6) is 0 Å². The summed E-state index contributed by atoms with van der Waals surface area (Å²) in [6.45, 7) is 6.46. The third-order valence-electron chi connectivity index (χ3n) is 4.02. The fourth-order valence-electron chi connectivity index (χ4n) is 2.72. The Morgan fingerprint density at radius 3 is 2.57 bits per heavy atom. The molecule has 0 saturated carbocycles. The molecular weight excluding hydrogens is 372 g/mol. The van der Waals surface area contributed by atoms with Crippen LogP contribution in [-0.2, 0) is 16.1 Å². The van der Waals surface area contributed by atoms with Gasteiger partial charge in [-0.15, -0.1) is 16.8 Å². The molecule has 2 N–H and O–H groups in total. The van der Waals surface area contributed by atoms with Crippen LogP contribution in [0.25, 0.3) is 11.4 Å². The van der Waals surface area contributed by atoms with E-state index in [1.165, 1.54) is 11.8 Å². The molecule has 2 aromatic carbocycles. The molecule has 3 rings (SSSR count). The van der Waals surface area contributed by atoms with Crippen molar-refractivity contribution >= 4 is 23.4 Å². The number of anilines is 1. The molecule has 0 aliphatic heterocycles. The monoisotopic (exact) mass is 394 g/mol. The largest absolute Gasteiger partial charge is 0.465 e. The average Bonchev–Trinajstić information content (AvgIpc) is 3.10.